The molecule has 3 rings (SSSR count). The van der Waals surface area contributed by atoms with Crippen molar-refractivity contribution < 1.29 is 4.79 Å². The SMILES string of the molecule is Cc1cccc(CNC(=O)c2cc(-c3ccccc3)nc(=O)[nH]2)c1. The molecule has 1 heterocycles. The summed E-state index contributed by atoms with van der Waals surface area (Å²) in [6, 6.07) is 18.8. The minimum absolute atomic E-state index is 0.196. The summed E-state index contributed by atoms with van der Waals surface area (Å²) in [7, 11) is 0. The van der Waals surface area contributed by atoms with E-state index >= 15 is 0 Å². The summed E-state index contributed by atoms with van der Waals surface area (Å²) < 4.78 is 0. The lowest BCUT2D eigenvalue weighted by Gasteiger charge is -2.07. The van der Waals surface area contributed by atoms with E-state index in [1.165, 1.54) is 0 Å². The van der Waals surface area contributed by atoms with Crippen molar-refractivity contribution in [3.63, 3.8) is 0 Å². The fourth-order valence-electron chi connectivity index (χ4n) is 2.44. The third kappa shape index (κ3) is 3.76. The van der Waals surface area contributed by atoms with Crippen LogP contribution in [0.5, 0.6) is 0 Å². The molecule has 0 radical (unpaired) electrons. The average molecular weight is 319 g/mol. The van der Waals surface area contributed by atoms with Gasteiger partial charge in [-0.15, -0.1) is 0 Å². The lowest BCUT2D eigenvalue weighted by molar-refractivity contribution is 0.0945. The van der Waals surface area contributed by atoms with Crippen LogP contribution < -0.4 is 11.0 Å². The zero-order chi connectivity index (χ0) is 16.9. The number of aromatic amines is 1. The molecule has 0 saturated carbocycles. The number of nitrogens with one attached hydrogen (secondary N) is 2. The number of nitrogens with zero attached hydrogens (tertiary/aromatic N) is 1. The van der Waals surface area contributed by atoms with Gasteiger partial charge in [-0.1, -0.05) is 60.2 Å². The highest BCUT2D eigenvalue weighted by molar-refractivity contribution is 5.93. The van der Waals surface area contributed by atoms with Gasteiger partial charge in [0.1, 0.15) is 5.69 Å². The van der Waals surface area contributed by atoms with Crippen molar-refractivity contribution in [3.05, 3.63) is 88.0 Å². The van der Waals surface area contributed by atoms with Crippen LogP contribution in [0, 0.1) is 6.92 Å². The number of hydrogen-bond donors (Lipinski definition) is 2. The molecule has 120 valence electrons. The standard InChI is InChI=1S/C19H17N3O2/c1-13-6-5-7-14(10-13)12-20-18(23)17-11-16(21-19(24)22-17)15-8-3-2-4-9-15/h2-11H,12H2,1H3,(H,20,23)(H,21,22,24). The Morgan fingerprint density at radius 3 is 2.62 bits per heavy atom. The van der Waals surface area contributed by atoms with Gasteiger partial charge in [-0.05, 0) is 18.6 Å². The van der Waals surface area contributed by atoms with E-state index in [1.807, 2.05) is 61.5 Å². The third-order valence-electron chi connectivity index (χ3n) is 3.59. The number of amides is 1. The number of aryl methyl sites for hydroxylation is 1. The van der Waals surface area contributed by atoms with Gasteiger partial charge in [-0.3, -0.25) is 4.79 Å². The van der Waals surface area contributed by atoms with Gasteiger partial charge >= 0.3 is 5.69 Å². The van der Waals surface area contributed by atoms with Gasteiger partial charge in [0, 0.05) is 12.1 Å². The second kappa shape index (κ2) is 6.91. The first kappa shape index (κ1) is 15.7. The third-order valence-corrected chi connectivity index (χ3v) is 3.59. The normalized spacial score (nSPS) is 10.4. The maximum atomic E-state index is 12.3. The smallest absolute Gasteiger partial charge is 0.346 e. The van der Waals surface area contributed by atoms with Crippen LogP contribution >= 0.6 is 0 Å². The summed E-state index contributed by atoms with van der Waals surface area (Å²) in [4.78, 5) is 30.5. The molecule has 0 atom stereocenters. The molecule has 3 aromatic rings. The Kier molecular flexibility index (Phi) is 4.52. The molecule has 24 heavy (non-hydrogen) atoms. The Bertz CT molecular complexity index is 917. The number of aromatic nitrogens is 2. The highest BCUT2D eigenvalue weighted by atomic mass is 16.2. The second-order valence-corrected chi connectivity index (χ2v) is 5.52. The van der Waals surface area contributed by atoms with E-state index in [0.29, 0.717) is 12.2 Å². The summed E-state index contributed by atoms with van der Waals surface area (Å²) in [5.74, 6) is -0.340. The summed E-state index contributed by atoms with van der Waals surface area (Å²) >= 11 is 0. The van der Waals surface area contributed by atoms with Crippen LogP contribution in [0.2, 0.25) is 0 Å². The molecule has 0 aliphatic heterocycles. The van der Waals surface area contributed by atoms with Crippen molar-refractivity contribution >= 4 is 5.91 Å². The largest absolute Gasteiger partial charge is 0.347 e. The molecule has 0 spiro atoms. The summed E-state index contributed by atoms with van der Waals surface area (Å²) in [5, 5.41) is 2.81. The molecule has 0 unspecified atom stereocenters. The number of carbonyl (C=O) groups is 1. The van der Waals surface area contributed by atoms with Crippen molar-refractivity contribution in [2.24, 2.45) is 0 Å². The number of carbonyl (C=O) groups excluding carboxylic acids is 1. The monoisotopic (exact) mass is 319 g/mol. The highest BCUT2D eigenvalue weighted by Crippen LogP contribution is 2.15. The summed E-state index contributed by atoms with van der Waals surface area (Å²) in [5.41, 5.74) is 3.04. The van der Waals surface area contributed by atoms with E-state index in [2.05, 4.69) is 15.3 Å². The van der Waals surface area contributed by atoms with Crippen molar-refractivity contribution in [2.75, 3.05) is 0 Å². The Morgan fingerprint density at radius 2 is 1.88 bits per heavy atom. The Morgan fingerprint density at radius 1 is 1.08 bits per heavy atom. The van der Waals surface area contributed by atoms with Crippen molar-refractivity contribution in [1.29, 1.82) is 0 Å². The highest BCUT2D eigenvalue weighted by Gasteiger charge is 2.10. The molecule has 0 aliphatic rings. The topological polar surface area (TPSA) is 74.8 Å². The fourth-order valence-corrected chi connectivity index (χ4v) is 2.44. The molecule has 2 aromatic carbocycles. The Balaban J connectivity index is 1.80. The van der Waals surface area contributed by atoms with Gasteiger partial charge in [-0.25, -0.2) is 4.79 Å². The van der Waals surface area contributed by atoms with Crippen LogP contribution in [0.3, 0.4) is 0 Å². The van der Waals surface area contributed by atoms with Gasteiger partial charge in [0.05, 0.1) is 5.69 Å². The van der Waals surface area contributed by atoms with E-state index in [1.54, 1.807) is 6.07 Å². The molecule has 5 heteroatoms. The molecular weight excluding hydrogens is 302 g/mol. The molecule has 1 amide bonds. The van der Waals surface area contributed by atoms with Crippen LogP contribution in [-0.4, -0.2) is 15.9 Å². The van der Waals surface area contributed by atoms with E-state index in [0.717, 1.165) is 16.7 Å². The quantitative estimate of drug-likeness (QED) is 0.776. The van der Waals surface area contributed by atoms with Crippen molar-refractivity contribution in [1.82, 2.24) is 15.3 Å². The lowest BCUT2D eigenvalue weighted by Crippen LogP contribution is -2.27. The van der Waals surface area contributed by atoms with Gasteiger partial charge in [0.2, 0.25) is 0 Å². The van der Waals surface area contributed by atoms with E-state index in [4.69, 9.17) is 0 Å². The second-order valence-electron chi connectivity index (χ2n) is 5.52. The Hall–Kier alpha value is -3.21. The predicted octanol–water partition coefficient (Wildman–Crippen LogP) is 2.68. The first-order valence-corrected chi connectivity index (χ1v) is 7.62. The van der Waals surface area contributed by atoms with Crippen LogP contribution in [0.4, 0.5) is 0 Å². The van der Waals surface area contributed by atoms with Crippen LogP contribution in [0.15, 0.2) is 65.5 Å². The molecule has 0 fully saturated rings. The van der Waals surface area contributed by atoms with Crippen molar-refractivity contribution in [2.45, 2.75) is 13.5 Å². The summed E-state index contributed by atoms with van der Waals surface area (Å²) in [6.07, 6.45) is 0. The molecular formula is C19H17N3O2. The number of H-pyrrole nitrogens is 1. The molecule has 2 N–H and O–H groups in total. The molecule has 0 saturated heterocycles. The molecule has 0 bridgehead atoms. The lowest BCUT2D eigenvalue weighted by atomic mass is 10.1. The minimum Gasteiger partial charge on any atom is -0.347 e. The maximum absolute atomic E-state index is 12.3. The number of benzene rings is 2. The van der Waals surface area contributed by atoms with E-state index < -0.39 is 5.69 Å². The summed E-state index contributed by atoms with van der Waals surface area (Å²) in [6.45, 7) is 2.39. The molecule has 1 aromatic heterocycles. The first-order valence-electron chi connectivity index (χ1n) is 7.62. The van der Waals surface area contributed by atoms with E-state index in [9.17, 15) is 9.59 Å². The number of hydrogen-bond acceptors (Lipinski definition) is 3. The van der Waals surface area contributed by atoms with Crippen LogP contribution in [-0.2, 0) is 6.54 Å². The van der Waals surface area contributed by atoms with Gasteiger partial charge < -0.3 is 10.3 Å². The minimum atomic E-state index is -0.544. The Labute approximate surface area is 139 Å². The van der Waals surface area contributed by atoms with E-state index in [-0.39, 0.29) is 11.6 Å². The molecule has 0 aliphatic carbocycles. The van der Waals surface area contributed by atoms with Crippen molar-refractivity contribution in [3.8, 4) is 11.3 Å². The first-order chi connectivity index (χ1) is 11.6. The molecule has 5 nitrogen and oxygen atoms in total. The zero-order valence-electron chi connectivity index (χ0n) is 13.2. The van der Waals surface area contributed by atoms with Crippen LogP contribution in [0.25, 0.3) is 11.3 Å². The van der Waals surface area contributed by atoms with Gasteiger partial charge in [0.25, 0.3) is 5.91 Å². The average Bonchev–Trinajstić information content (AvgIpc) is 2.60. The number of rotatable bonds is 4. The van der Waals surface area contributed by atoms with Gasteiger partial charge in [0.15, 0.2) is 0 Å². The predicted molar refractivity (Wildman–Crippen MR) is 92.6 cm³/mol. The zero-order valence-corrected chi connectivity index (χ0v) is 13.2. The fraction of sp³-hybridized carbons (Fsp3) is 0.105. The van der Waals surface area contributed by atoms with Crippen LogP contribution in [0.1, 0.15) is 21.6 Å². The van der Waals surface area contributed by atoms with Gasteiger partial charge in [-0.2, -0.15) is 4.98 Å². The maximum Gasteiger partial charge on any atom is 0.346 e.